The maximum absolute atomic E-state index is 13.6. The van der Waals surface area contributed by atoms with E-state index in [1.807, 2.05) is 0 Å². The molecule has 0 aliphatic carbocycles. The first-order chi connectivity index (χ1) is 12.8. The summed E-state index contributed by atoms with van der Waals surface area (Å²) in [6.45, 7) is 0. The lowest BCUT2D eigenvalue weighted by Crippen LogP contribution is -2.13. The lowest BCUT2D eigenvalue weighted by molar-refractivity contribution is -0.138. The molecule has 1 heterocycles. The lowest BCUT2D eigenvalue weighted by atomic mass is 10.2. The Morgan fingerprint density at radius 3 is 2.37 bits per heavy atom. The van der Waals surface area contributed by atoms with Crippen LogP contribution in [0.25, 0.3) is 0 Å². The van der Waals surface area contributed by atoms with Gasteiger partial charge in [0.2, 0.25) is 0 Å². The molecule has 0 fully saturated rings. The fraction of sp³-hybridized carbons (Fsp3) is 0.0526. The zero-order chi connectivity index (χ0) is 19.4. The third-order valence-corrected chi connectivity index (χ3v) is 3.55. The van der Waals surface area contributed by atoms with Crippen molar-refractivity contribution in [2.75, 3.05) is 5.32 Å². The molecule has 1 aromatic heterocycles. The summed E-state index contributed by atoms with van der Waals surface area (Å²) >= 11 is 0. The van der Waals surface area contributed by atoms with Crippen LogP contribution in [0.1, 0.15) is 15.9 Å². The molecule has 3 rings (SSSR count). The van der Waals surface area contributed by atoms with E-state index in [1.165, 1.54) is 42.5 Å². The van der Waals surface area contributed by atoms with Crippen LogP contribution in [0.4, 0.5) is 23.2 Å². The van der Waals surface area contributed by atoms with Gasteiger partial charge in [0.1, 0.15) is 17.1 Å². The highest BCUT2D eigenvalue weighted by Gasteiger charge is 2.34. The summed E-state index contributed by atoms with van der Waals surface area (Å²) in [7, 11) is 0. The maximum atomic E-state index is 13.6. The van der Waals surface area contributed by atoms with Crippen LogP contribution < -0.4 is 10.1 Å². The Kier molecular flexibility index (Phi) is 5.07. The van der Waals surface area contributed by atoms with Gasteiger partial charge in [-0.1, -0.05) is 12.1 Å². The molecule has 0 bridgehead atoms. The van der Waals surface area contributed by atoms with Crippen LogP contribution in [0.2, 0.25) is 0 Å². The molecule has 0 aliphatic rings. The summed E-state index contributed by atoms with van der Waals surface area (Å²) in [6.07, 6.45) is -2.58. The largest absolute Gasteiger partial charge is 0.455 e. The van der Waals surface area contributed by atoms with Crippen molar-refractivity contribution >= 4 is 11.6 Å². The van der Waals surface area contributed by atoms with Crippen molar-refractivity contribution in [3.05, 3.63) is 83.9 Å². The van der Waals surface area contributed by atoms with Crippen molar-refractivity contribution in [2.24, 2.45) is 0 Å². The molecule has 1 amide bonds. The lowest BCUT2D eigenvalue weighted by Gasteiger charge is -2.13. The topological polar surface area (TPSA) is 51.2 Å². The number of hydrogen-bond acceptors (Lipinski definition) is 3. The third-order valence-electron chi connectivity index (χ3n) is 3.55. The fourth-order valence-corrected chi connectivity index (χ4v) is 2.27. The standard InChI is InChI=1S/C19H12F4N2O2/c20-16-4-2-1-3-14(16)18(26)25-12-5-7-13(8-6-12)27-17-11-24-10-9-15(17)19(21,22)23/h1-11H,(H,25,26). The van der Waals surface area contributed by atoms with Crippen molar-refractivity contribution in [1.29, 1.82) is 0 Å². The second-order valence-corrected chi connectivity index (χ2v) is 5.43. The van der Waals surface area contributed by atoms with E-state index in [0.29, 0.717) is 5.69 Å². The minimum absolute atomic E-state index is 0.122. The second-order valence-electron chi connectivity index (χ2n) is 5.43. The van der Waals surface area contributed by atoms with Crippen LogP contribution in [0.15, 0.2) is 67.0 Å². The van der Waals surface area contributed by atoms with Crippen molar-refractivity contribution in [2.45, 2.75) is 6.18 Å². The number of amides is 1. The number of halogens is 4. The Hall–Kier alpha value is -3.42. The van der Waals surface area contributed by atoms with Crippen LogP contribution in [0.3, 0.4) is 0 Å². The van der Waals surface area contributed by atoms with E-state index in [1.54, 1.807) is 0 Å². The predicted octanol–water partition coefficient (Wildman–Crippen LogP) is 5.28. The number of rotatable bonds is 4. The molecule has 138 valence electrons. The van der Waals surface area contributed by atoms with Gasteiger partial charge in [0, 0.05) is 11.9 Å². The van der Waals surface area contributed by atoms with Gasteiger partial charge in [0.25, 0.3) is 5.91 Å². The Labute approximate surface area is 151 Å². The molecule has 0 unspecified atom stereocenters. The maximum Gasteiger partial charge on any atom is 0.420 e. The molecular formula is C19H12F4N2O2. The van der Waals surface area contributed by atoms with E-state index >= 15 is 0 Å². The van der Waals surface area contributed by atoms with Crippen LogP contribution in [-0.2, 0) is 6.18 Å². The number of anilines is 1. The van der Waals surface area contributed by atoms with Gasteiger partial charge in [-0.25, -0.2) is 4.39 Å². The van der Waals surface area contributed by atoms with Gasteiger partial charge in [-0.05, 0) is 42.5 Å². The molecule has 4 nitrogen and oxygen atoms in total. The number of aromatic nitrogens is 1. The number of carbonyl (C=O) groups is 1. The van der Waals surface area contributed by atoms with E-state index in [0.717, 1.165) is 24.5 Å². The van der Waals surface area contributed by atoms with Gasteiger partial charge < -0.3 is 10.1 Å². The van der Waals surface area contributed by atoms with Crippen LogP contribution >= 0.6 is 0 Å². The molecule has 8 heteroatoms. The zero-order valence-electron chi connectivity index (χ0n) is 13.6. The SMILES string of the molecule is O=C(Nc1ccc(Oc2cnccc2C(F)(F)F)cc1)c1ccccc1F. The van der Waals surface area contributed by atoms with E-state index in [2.05, 4.69) is 10.3 Å². The molecule has 0 saturated carbocycles. The highest BCUT2D eigenvalue weighted by atomic mass is 19.4. The Bertz CT molecular complexity index is 956. The Morgan fingerprint density at radius 2 is 1.70 bits per heavy atom. The summed E-state index contributed by atoms with van der Waals surface area (Å²) in [4.78, 5) is 15.7. The molecular weight excluding hydrogens is 364 g/mol. The average molecular weight is 376 g/mol. The molecule has 3 aromatic rings. The van der Waals surface area contributed by atoms with E-state index < -0.39 is 29.2 Å². The summed E-state index contributed by atoms with van der Waals surface area (Å²) in [5.74, 6) is -1.62. The summed E-state index contributed by atoms with van der Waals surface area (Å²) < 4.78 is 57.7. The molecule has 0 atom stereocenters. The minimum atomic E-state index is -4.58. The molecule has 0 aliphatic heterocycles. The number of nitrogens with zero attached hydrogens (tertiary/aromatic N) is 1. The molecule has 0 saturated heterocycles. The van der Waals surface area contributed by atoms with Crippen molar-refractivity contribution in [1.82, 2.24) is 4.98 Å². The van der Waals surface area contributed by atoms with Gasteiger partial charge in [-0.15, -0.1) is 0 Å². The fourth-order valence-electron chi connectivity index (χ4n) is 2.27. The first-order valence-electron chi connectivity index (χ1n) is 7.69. The van der Waals surface area contributed by atoms with Crippen LogP contribution in [0.5, 0.6) is 11.5 Å². The Balaban J connectivity index is 1.73. The second kappa shape index (κ2) is 7.45. The molecule has 0 radical (unpaired) electrons. The Morgan fingerprint density at radius 1 is 1.00 bits per heavy atom. The summed E-state index contributed by atoms with van der Waals surface area (Å²) in [5.41, 5.74) is -0.740. The van der Waals surface area contributed by atoms with Gasteiger partial charge in [0.05, 0.1) is 11.8 Å². The summed E-state index contributed by atoms with van der Waals surface area (Å²) in [5, 5.41) is 2.50. The normalized spacial score (nSPS) is 11.1. The average Bonchev–Trinajstić information content (AvgIpc) is 2.63. The van der Waals surface area contributed by atoms with Crippen molar-refractivity contribution in [3.63, 3.8) is 0 Å². The van der Waals surface area contributed by atoms with E-state index in [9.17, 15) is 22.4 Å². The molecule has 1 N–H and O–H groups in total. The first-order valence-corrected chi connectivity index (χ1v) is 7.69. The molecule has 0 spiro atoms. The third kappa shape index (κ3) is 4.41. The number of pyridine rings is 1. The van der Waals surface area contributed by atoms with E-state index in [-0.39, 0.29) is 11.3 Å². The monoisotopic (exact) mass is 376 g/mol. The first kappa shape index (κ1) is 18.4. The quantitative estimate of drug-likeness (QED) is 0.630. The van der Waals surface area contributed by atoms with Gasteiger partial charge >= 0.3 is 6.18 Å². The number of benzene rings is 2. The van der Waals surface area contributed by atoms with Crippen LogP contribution in [-0.4, -0.2) is 10.9 Å². The molecule has 2 aromatic carbocycles. The number of carbonyl (C=O) groups excluding carboxylic acids is 1. The zero-order valence-corrected chi connectivity index (χ0v) is 13.6. The summed E-state index contributed by atoms with van der Waals surface area (Å²) in [6, 6.07) is 11.9. The van der Waals surface area contributed by atoms with Crippen molar-refractivity contribution in [3.8, 4) is 11.5 Å². The number of nitrogens with one attached hydrogen (secondary N) is 1. The van der Waals surface area contributed by atoms with Gasteiger partial charge in [-0.2, -0.15) is 13.2 Å². The highest BCUT2D eigenvalue weighted by molar-refractivity contribution is 6.04. The predicted molar refractivity (Wildman–Crippen MR) is 90.1 cm³/mol. The van der Waals surface area contributed by atoms with Gasteiger partial charge in [0.15, 0.2) is 5.75 Å². The van der Waals surface area contributed by atoms with Crippen LogP contribution in [0, 0.1) is 5.82 Å². The smallest absolute Gasteiger partial charge is 0.420 e. The number of ether oxygens (including phenoxy) is 1. The minimum Gasteiger partial charge on any atom is -0.455 e. The van der Waals surface area contributed by atoms with Gasteiger partial charge in [-0.3, -0.25) is 9.78 Å². The van der Waals surface area contributed by atoms with E-state index in [4.69, 9.17) is 4.74 Å². The highest BCUT2D eigenvalue weighted by Crippen LogP contribution is 2.37. The number of hydrogen-bond donors (Lipinski definition) is 1. The molecule has 27 heavy (non-hydrogen) atoms. The van der Waals surface area contributed by atoms with Crippen molar-refractivity contribution < 1.29 is 27.1 Å². The number of alkyl halides is 3.